The monoisotopic (exact) mass is 263 g/mol. The molecule has 1 aromatic rings. The molecular formula is C12H13N3O2S. The second kappa shape index (κ2) is 5.27. The van der Waals surface area contributed by atoms with E-state index in [0.29, 0.717) is 22.5 Å². The van der Waals surface area contributed by atoms with Gasteiger partial charge in [-0.2, -0.15) is 17.0 Å². The number of anilines is 1. The van der Waals surface area contributed by atoms with Crippen LogP contribution in [-0.4, -0.2) is 22.0 Å². The Morgan fingerprint density at radius 2 is 2.39 bits per heavy atom. The van der Waals surface area contributed by atoms with Crippen LogP contribution in [-0.2, 0) is 0 Å². The SMILES string of the molecule is CC1CC(Nc2ccc([N+](=O)[O-])cc2C#N)CS1. The van der Waals surface area contributed by atoms with Crippen molar-refractivity contribution in [1.29, 1.82) is 5.26 Å². The summed E-state index contributed by atoms with van der Waals surface area (Å²) in [5, 5.41) is 23.6. The highest BCUT2D eigenvalue weighted by atomic mass is 32.2. The van der Waals surface area contributed by atoms with Gasteiger partial charge in [-0.3, -0.25) is 10.1 Å². The molecule has 0 radical (unpaired) electrons. The van der Waals surface area contributed by atoms with Crippen LogP contribution < -0.4 is 5.32 Å². The van der Waals surface area contributed by atoms with Gasteiger partial charge in [-0.05, 0) is 12.5 Å². The van der Waals surface area contributed by atoms with E-state index in [1.165, 1.54) is 12.1 Å². The molecule has 2 unspecified atom stereocenters. The molecule has 18 heavy (non-hydrogen) atoms. The Morgan fingerprint density at radius 1 is 1.61 bits per heavy atom. The maximum Gasteiger partial charge on any atom is 0.270 e. The molecule has 0 saturated carbocycles. The quantitative estimate of drug-likeness (QED) is 0.670. The van der Waals surface area contributed by atoms with Gasteiger partial charge in [-0.25, -0.2) is 0 Å². The Balaban J connectivity index is 2.18. The number of nitro groups is 1. The summed E-state index contributed by atoms with van der Waals surface area (Å²) in [7, 11) is 0. The highest BCUT2D eigenvalue weighted by Crippen LogP contribution is 2.30. The maximum absolute atomic E-state index is 10.6. The molecule has 0 aromatic heterocycles. The minimum absolute atomic E-state index is 0.0498. The first-order chi connectivity index (χ1) is 8.60. The van der Waals surface area contributed by atoms with E-state index in [1.807, 2.05) is 17.8 Å². The summed E-state index contributed by atoms with van der Waals surface area (Å²) in [5.74, 6) is 1.00. The third-order valence-electron chi connectivity index (χ3n) is 2.89. The van der Waals surface area contributed by atoms with Gasteiger partial charge in [0.25, 0.3) is 5.69 Å². The lowest BCUT2D eigenvalue weighted by Gasteiger charge is -2.14. The van der Waals surface area contributed by atoms with Crippen molar-refractivity contribution >= 4 is 23.1 Å². The first-order valence-corrected chi connectivity index (χ1v) is 6.71. The van der Waals surface area contributed by atoms with Crippen molar-refractivity contribution in [2.24, 2.45) is 0 Å². The minimum Gasteiger partial charge on any atom is -0.380 e. The fourth-order valence-electron chi connectivity index (χ4n) is 2.00. The summed E-state index contributed by atoms with van der Waals surface area (Å²) < 4.78 is 0. The van der Waals surface area contributed by atoms with Crippen LogP contribution in [0, 0.1) is 21.4 Å². The van der Waals surface area contributed by atoms with Gasteiger partial charge in [-0.15, -0.1) is 0 Å². The zero-order valence-corrected chi connectivity index (χ0v) is 10.7. The fraction of sp³-hybridized carbons (Fsp3) is 0.417. The van der Waals surface area contributed by atoms with E-state index in [0.717, 1.165) is 12.2 Å². The number of non-ortho nitro benzene ring substituents is 1. The molecule has 2 atom stereocenters. The van der Waals surface area contributed by atoms with E-state index in [9.17, 15) is 10.1 Å². The molecule has 0 amide bonds. The molecule has 0 spiro atoms. The lowest BCUT2D eigenvalue weighted by molar-refractivity contribution is -0.384. The first kappa shape index (κ1) is 12.7. The number of nitriles is 1. The van der Waals surface area contributed by atoms with Gasteiger partial charge in [0.2, 0.25) is 0 Å². The van der Waals surface area contributed by atoms with Crippen molar-refractivity contribution in [2.45, 2.75) is 24.6 Å². The third-order valence-corrected chi connectivity index (χ3v) is 4.25. The molecule has 0 aliphatic carbocycles. The number of hydrogen-bond acceptors (Lipinski definition) is 5. The Kier molecular flexibility index (Phi) is 3.72. The fourth-order valence-corrected chi connectivity index (χ4v) is 3.15. The number of nitrogens with one attached hydrogen (secondary N) is 1. The number of thioether (sulfide) groups is 1. The molecule has 1 N–H and O–H groups in total. The molecule has 1 saturated heterocycles. The number of rotatable bonds is 3. The minimum atomic E-state index is -0.488. The normalized spacial score (nSPS) is 22.4. The number of benzene rings is 1. The second-order valence-electron chi connectivity index (χ2n) is 4.32. The summed E-state index contributed by atoms with van der Waals surface area (Å²) in [6.45, 7) is 2.17. The van der Waals surface area contributed by atoms with Crippen LogP contribution >= 0.6 is 11.8 Å². The van der Waals surface area contributed by atoms with Gasteiger partial charge < -0.3 is 5.32 Å². The van der Waals surface area contributed by atoms with Crippen LogP contribution in [0.15, 0.2) is 18.2 Å². The average Bonchev–Trinajstić information content (AvgIpc) is 2.75. The van der Waals surface area contributed by atoms with E-state index in [2.05, 4.69) is 12.2 Å². The topological polar surface area (TPSA) is 79.0 Å². The molecule has 2 rings (SSSR count). The largest absolute Gasteiger partial charge is 0.380 e. The molecule has 1 aliphatic heterocycles. The van der Waals surface area contributed by atoms with Crippen molar-refractivity contribution in [2.75, 3.05) is 11.1 Å². The predicted molar refractivity (Wildman–Crippen MR) is 71.8 cm³/mol. The lowest BCUT2D eigenvalue weighted by Crippen LogP contribution is -2.19. The van der Waals surface area contributed by atoms with Crippen LogP contribution in [0.3, 0.4) is 0 Å². The van der Waals surface area contributed by atoms with Crippen molar-refractivity contribution in [3.63, 3.8) is 0 Å². The van der Waals surface area contributed by atoms with Crippen LogP contribution in [0.5, 0.6) is 0 Å². The summed E-state index contributed by atoms with van der Waals surface area (Å²) in [5.41, 5.74) is 0.961. The van der Waals surface area contributed by atoms with Gasteiger partial charge in [0.15, 0.2) is 0 Å². The number of nitro benzene ring substituents is 1. The first-order valence-electron chi connectivity index (χ1n) is 5.67. The van der Waals surface area contributed by atoms with Crippen LogP contribution in [0.4, 0.5) is 11.4 Å². The van der Waals surface area contributed by atoms with Crippen molar-refractivity contribution in [3.05, 3.63) is 33.9 Å². The van der Waals surface area contributed by atoms with Crippen LogP contribution in [0.25, 0.3) is 0 Å². The van der Waals surface area contributed by atoms with E-state index in [4.69, 9.17) is 5.26 Å². The summed E-state index contributed by atoms with van der Waals surface area (Å²) >= 11 is 1.89. The molecule has 1 aliphatic rings. The standard InChI is InChI=1S/C12H13N3O2S/c1-8-4-10(7-18-8)14-12-3-2-11(15(16)17)5-9(12)6-13/h2-3,5,8,10,14H,4,7H2,1H3. The zero-order chi connectivity index (χ0) is 13.1. The third kappa shape index (κ3) is 2.74. The lowest BCUT2D eigenvalue weighted by atomic mass is 10.1. The van der Waals surface area contributed by atoms with E-state index in [-0.39, 0.29) is 5.69 Å². The molecule has 94 valence electrons. The van der Waals surface area contributed by atoms with Gasteiger partial charge in [0, 0.05) is 29.2 Å². The highest BCUT2D eigenvalue weighted by molar-refractivity contribution is 8.00. The van der Waals surface area contributed by atoms with Crippen LogP contribution in [0.2, 0.25) is 0 Å². The Hall–Kier alpha value is -1.74. The predicted octanol–water partition coefficient (Wildman–Crippen LogP) is 2.77. The summed E-state index contributed by atoms with van der Waals surface area (Å²) in [6, 6.07) is 6.69. The van der Waals surface area contributed by atoms with E-state index < -0.39 is 4.92 Å². The average molecular weight is 263 g/mol. The Bertz CT molecular complexity index is 513. The van der Waals surface area contributed by atoms with Crippen molar-refractivity contribution in [1.82, 2.24) is 0 Å². The van der Waals surface area contributed by atoms with E-state index >= 15 is 0 Å². The highest BCUT2D eigenvalue weighted by Gasteiger charge is 2.22. The number of hydrogen-bond donors (Lipinski definition) is 1. The molecule has 5 nitrogen and oxygen atoms in total. The smallest absolute Gasteiger partial charge is 0.270 e. The molecule has 1 heterocycles. The van der Waals surface area contributed by atoms with Gasteiger partial charge >= 0.3 is 0 Å². The molecular weight excluding hydrogens is 250 g/mol. The summed E-state index contributed by atoms with van der Waals surface area (Å²) in [4.78, 5) is 10.2. The van der Waals surface area contributed by atoms with Gasteiger partial charge in [0.05, 0.1) is 16.2 Å². The van der Waals surface area contributed by atoms with Gasteiger partial charge in [0.1, 0.15) is 6.07 Å². The summed E-state index contributed by atoms with van der Waals surface area (Å²) in [6.07, 6.45) is 1.05. The van der Waals surface area contributed by atoms with Crippen molar-refractivity contribution < 1.29 is 4.92 Å². The van der Waals surface area contributed by atoms with Gasteiger partial charge in [-0.1, -0.05) is 6.92 Å². The second-order valence-corrected chi connectivity index (χ2v) is 5.79. The Morgan fingerprint density at radius 3 is 2.94 bits per heavy atom. The zero-order valence-electron chi connectivity index (χ0n) is 9.92. The molecule has 1 aromatic carbocycles. The van der Waals surface area contributed by atoms with Crippen molar-refractivity contribution in [3.8, 4) is 6.07 Å². The number of nitrogens with zero attached hydrogens (tertiary/aromatic N) is 2. The Labute approximate surface area is 109 Å². The molecule has 0 bridgehead atoms. The van der Waals surface area contributed by atoms with Crippen LogP contribution in [0.1, 0.15) is 18.9 Å². The molecule has 6 heteroatoms. The molecule has 1 fully saturated rings. The maximum atomic E-state index is 10.6. The van der Waals surface area contributed by atoms with E-state index in [1.54, 1.807) is 6.07 Å².